The predicted molar refractivity (Wildman–Crippen MR) is 55.1 cm³/mol. The Hall–Kier alpha value is -1.64. The van der Waals surface area contributed by atoms with Crippen molar-refractivity contribution in [3.8, 4) is 0 Å². The highest BCUT2D eigenvalue weighted by molar-refractivity contribution is 5.89. The standard InChI is InChI=1S/C12H11FO2/c13-11(12(14)15)7-8-1-3-9(4-2-8)10-5-6-10/h1-4,7,10H,5-6H2,(H,14,15)/b11-7-. The molecule has 0 aromatic heterocycles. The fraction of sp³-hybridized carbons (Fsp3) is 0.250. The number of benzene rings is 1. The van der Waals surface area contributed by atoms with Crippen molar-refractivity contribution < 1.29 is 14.3 Å². The summed E-state index contributed by atoms with van der Waals surface area (Å²) in [6, 6.07) is 7.35. The van der Waals surface area contributed by atoms with Crippen LogP contribution >= 0.6 is 0 Å². The molecule has 2 nitrogen and oxygen atoms in total. The second-order valence-corrected chi connectivity index (χ2v) is 3.74. The first-order valence-electron chi connectivity index (χ1n) is 4.87. The van der Waals surface area contributed by atoms with Crippen LogP contribution in [-0.2, 0) is 4.79 Å². The number of rotatable bonds is 3. The van der Waals surface area contributed by atoms with E-state index < -0.39 is 11.8 Å². The summed E-state index contributed by atoms with van der Waals surface area (Å²) in [6.45, 7) is 0. The van der Waals surface area contributed by atoms with Crippen molar-refractivity contribution in [3.05, 3.63) is 41.2 Å². The number of halogens is 1. The molecule has 78 valence electrons. The molecule has 0 atom stereocenters. The minimum absolute atomic E-state index is 0.583. The highest BCUT2D eigenvalue weighted by atomic mass is 19.1. The summed E-state index contributed by atoms with van der Waals surface area (Å²) < 4.78 is 12.7. The highest BCUT2D eigenvalue weighted by Crippen LogP contribution is 2.39. The van der Waals surface area contributed by atoms with Crippen LogP contribution in [0.2, 0.25) is 0 Å². The first-order valence-corrected chi connectivity index (χ1v) is 4.87. The van der Waals surface area contributed by atoms with E-state index in [4.69, 9.17) is 5.11 Å². The van der Waals surface area contributed by atoms with E-state index in [-0.39, 0.29) is 0 Å². The summed E-state index contributed by atoms with van der Waals surface area (Å²) in [5.41, 5.74) is 1.84. The van der Waals surface area contributed by atoms with Gasteiger partial charge in [0.2, 0.25) is 5.83 Å². The summed E-state index contributed by atoms with van der Waals surface area (Å²) in [6.07, 6.45) is 3.47. The Morgan fingerprint density at radius 3 is 2.40 bits per heavy atom. The van der Waals surface area contributed by atoms with E-state index >= 15 is 0 Å². The molecule has 1 saturated carbocycles. The molecule has 2 rings (SSSR count). The van der Waals surface area contributed by atoms with Gasteiger partial charge in [-0.05, 0) is 36.0 Å². The molecule has 0 aliphatic heterocycles. The normalized spacial score (nSPS) is 16.5. The van der Waals surface area contributed by atoms with Crippen molar-refractivity contribution >= 4 is 12.0 Å². The highest BCUT2D eigenvalue weighted by Gasteiger charge is 2.22. The molecule has 1 aliphatic rings. The second-order valence-electron chi connectivity index (χ2n) is 3.74. The topological polar surface area (TPSA) is 37.3 Å². The van der Waals surface area contributed by atoms with Gasteiger partial charge in [0.25, 0.3) is 0 Å². The Kier molecular flexibility index (Phi) is 2.54. The number of hydrogen-bond acceptors (Lipinski definition) is 1. The largest absolute Gasteiger partial charge is 0.476 e. The maximum Gasteiger partial charge on any atom is 0.364 e. The molecular weight excluding hydrogens is 195 g/mol. The lowest BCUT2D eigenvalue weighted by Crippen LogP contribution is -1.94. The van der Waals surface area contributed by atoms with Crippen LogP contribution in [0.5, 0.6) is 0 Å². The van der Waals surface area contributed by atoms with Crippen molar-refractivity contribution in [1.82, 2.24) is 0 Å². The summed E-state index contributed by atoms with van der Waals surface area (Å²) >= 11 is 0. The van der Waals surface area contributed by atoms with Gasteiger partial charge in [0.05, 0.1) is 0 Å². The van der Waals surface area contributed by atoms with Crippen LogP contribution in [0.3, 0.4) is 0 Å². The van der Waals surface area contributed by atoms with Crippen molar-refractivity contribution in [2.24, 2.45) is 0 Å². The Labute approximate surface area is 87.0 Å². The average Bonchev–Trinajstić information content (AvgIpc) is 3.02. The quantitative estimate of drug-likeness (QED) is 0.772. The zero-order valence-electron chi connectivity index (χ0n) is 8.11. The summed E-state index contributed by atoms with van der Waals surface area (Å²) in [5, 5.41) is 8.35. The van der Waals surface area contributed by atoms with Gasteiger partial charge in [-0.2, -0.15) is 4.39 Å². The fourth-order valence-corrected chi connectivity index (χ4v) is 1.49. The third-order valence-corrected chi connectivity index (χ3v) is 2.48. The lowest BCUT2D eigenvalue weighted by atomic mass is 10.1. The molecule has 1 aliphatic carbocycles. The number of carboxylic acid groups (broad SMARTS) is 1. The third-order valence-electron chi connectivity index (χ3n) is 2.48. The maximum absolute atomic E-state index is 12.7. The third kappa shape index (κ3) is 2.43. The molecule has 0 spiro atoms. The summed E-state index contributed by atoms with van der Waals surface area (Å²) in [7, 11) is 0. The molecule has 0 radical (unpaired) electrons. The van der Waals surface area contributed by atoms with Crippen LogP contribution in [0.25, 0.3) is 6.08 Å². The molecule has 0 heterocycles. The van der Waals surface area contributed by atoms with Crippen molar-refractivity contribution in [2.45, 2.75) is 18.8 Å². The van der Waals surface area contributed by atoms with Gasteiger partial charge in [-0.25, -0.2) is 4.79 Å². The van der Waals surface area contributed by atoms with E-state index in [0.717, 1.165) is 6.08 Å². The molecule has 1 aromatic carbocycles. The smallest absolute Gasteiger partial charge is 0.364 e. The van der Waals surface area contributed by atoms with Crippen LogP contribution in [0, 0.1) is 0 Å². The Morgan fingerprint density at radius 1 is 1.33 bits per heavy atom. The predicted octanol–water partition coefficient (Wildman–Crippen LogP) is 2.96. The maximum atomic E-state index is 12.7. The van der Waals surface area contributed by atoms with Gasteiger partial charge in [0, 0.05) is 0 Å². The van der Waals surface area contributed by atoms with Crippen molar-refractivity contribution in [1.29, 1.82) is 0 Å². The van der Waals surface area contributed by atoms with Crippen molar-refractivity contribution in [3.63, 3.8) is 0 Å². The fourth-order valence-electron chi connectivity index (χ4n) is 1.49. The Morgan fingerprint density at radius 2 is 1.93 bits per heavy atom. The monoisotopic (exact) mass is 206 g/mol. The van der Waals surface area contributed by atoms with Gasteiger partial charge in [0.1, 0.15) is 0 Å². The SMILES string of the molecule is O=C(O)/C(F)=C/c1ccc(C2CC2)cc1. The molecule has 1 N–H and O–H groups in total. The molecule has 1 aromatic rings. The van der Waals surface area contributed by atoms with Gasteiger partial charge in [-0.1, -0.05) is 24.3 Å². The molecule has 15 heavy (non-hydrogen) atoms. The summed E-state index contributed by atoms with van der Waals surface area (Å²) in [4.78, 5) is 10.2. The molecule has 0 saturated heterocycles. The minimum atomic E-state index is -1.53. The lowest BCUT2D eigenvalue weighted by molar-refractivity contribution is -0.134. The van der Waals surface area contributed by atoms with Crippen LogP contribution in [-0.4, -0.2) is 11.1 Å². The van der Waals surface area contributed by atoms with Crippen LogP contribution in [0.1, 0.15) is 29.9 Å². The average molecular weight is 206 g/mol. The number of aliphatic carboxylic acids is 1. The van der Waals surface area contributed by atoms with Gasteiger partial charge in [-0.3, -0.25) is 0 Å². The first kappa shape index (κ1) is 9.90. The van der Waals surface area contributed by atoms with Gasteiger partial charge < -0.3 is 5.11 Å². The lowest BCUT2D eigenvalue weighted by Gasteiger charge is -1.98. The number of carbonyl (C=O) groups is 1. The van der Waals surface area contributed by atoms with Crippen molar-refractivity contribution in [2.75, 3.05) is 0 Å². The van der Waals surface area contributed by atoms with Gasteiger partial charge in [0.15, 0.2) is 0 Å². The molecule has 1 fully saturated rings. The van der Waals surface area contributed by atoms with E-state index in [1.54, 1.807) is 12.1 Å². The van der Waals surface area contributed by atoms with E-state index in [1.165, 1.54) is 18.4 Å². The number of carboxylic acids is 1. The van der Waals surface area contributed by atoms with Crippen LogP contribution in [0.15, 0.2) is 30.1 Å². The molecular formula is C12H11FO2. The van der Waals surface area contributed by atoms with E-state index in [9.17, 15) is 9.18 Å². The van der Waals surface area contributed by atoms with Crippen LogP contribution in [0.4, 0.5) is 4.39 Å². The Balaban J connectivity index is 2.16. The minimum Gasteiger partial charge on any atom is -0.476 e. The molecule has 0 bridgehead atoms. The van der Waals surface area contributed by atoms with Crippen LogP contribution < -0.4 is 0 Å². The van der Waals surface area contributed by atoms with E-state index in [2.05, 4.69) is 0 Å². The molecule has 0 unspecified atom stereocenters. The van der Waals surface area contributed by atoms with Gasteiger partial charge in [-0.15, -0.1) is 0 Å². The van der Waals surface area contributed by atoms with Gasteiger partial charge >= 0.3 is 5.97 Å². The van der Waals surface area contributed by atoms with E-state index in [0.29, 0.717) is 11.5 Å². The molecule has 0 amide bonds. The Bertz CT molecular complexity index is 402. The summed E-state index contributed by atoms with van der Waals surface area (Å²) in [5.74, 6) is -2.00. The van der Waals surface area contributed by atoms with E-state index in [1.807, 2.05) is 12.1 Å². The molecule has 3 heteroatoms. The second kappa shape index (κ2) is 3.85. The first-order chi connectivity index (χ1) is 7.16. The number of hydrogen-bond donors (Lipinski definition) is 1. The zero-order valence-corrected chi connectivity index (χ0v) is 8.11. The zero-order chi connectivity index (χ0) is 10.8.